The van der Waals surface area contributed by atoms with Crippen LogP contribution in [0.1, 0.15) is 5.56 Å². The van der Waals surface area contributed by atoms with Crippen LogP contribution in [-0.4, -0.2) is 38.6 Å². The van der Waals surface area contributed by atoms with Gasteiger partial charge in [-0.15, -0.1) is 0 Å². The third-order valence-corrected chi connectivity index (χ3v) is 3.03. The summed E-state index contributed by atoms with van der Waals surface area (Å²) in [6.07, 6.45) is 1.59. The van der Waals surface area contributed by atoms with Crippen molar-refractivity contribution in [2.75, 3.05) is 26.8 Å². The zero-order valence-corrected chi connectivity index (χ0v) is 11.5. The van der Waals surface area contributed by atoms with E-state index in [-0.39, 0.29) is 12.2 Å². The van der Waals surface area contributed by atoms with Crippen molar-refractivity contribution in [3.63, 3.8) is 0 Å². The molecule has 0 saturated heterocycles. The highest BCUT2D eigenvalue weighted by Crippen LogP contribution is 2.35. The summed E-state index contributed by atoms with van der Waals surface area (Å²) in [5.74, 6) is -2.63. The Morgan fingerprint density at radius 2 is 2.29 bits per heavy atom. The minimum atomic E-state index is -3.12. The Balaban J connectivity index is 2.11. The van der Waals surface area contributed by atoms with Crippen LogP contribution in [0.4, 0.5) is 8.78 Å². The second-order valence-electron chi connectivity index (χ2n) is 4.58. The van der Waals surface area contributed by atoms with Crippen LogP contribution in [0.2, 0.25) is 0 Å². The van der Waals surface area contributed by atoms with Gasteiger partial charge in [0.25, 0.3) is 11.8 Å². The number of ether oxygens (including phenoxy) is 2. The number of hydrogen-bond acceptors (Lipinski definition) is 4. The number of carbonyl (C=O) groups excluding carboxylic acids is 1. The Kier molecular flexibility index (Phi) is 4.42. The Morgan fingerprint density at radius 1 is 1.52 bits per heavy atom. The second-order valence-corrected chi connectivity index (χ2v) is 4.58. The molecule has 1 heterocycles. The van der Waals surface area contributed by atoms with Crippen molar-refractivity contribution in [3.8, 4) is 11.5 Å². The van der Waals surface area contributed by atoms with Gasteiger partial charge in [0, 0.05) is 5.56 Å². The largest absolute Gasteiger partial charge is 0.493 e. The second kappa shape index (κ2) is 6.09. The van der Waals surface area contributed by atoms with E-state index >= 15 is 0 Å². The van der Waals surface area contributed by atoms with E-state index in [4.69, 9.17) is 15.2 Å². The van der Waals surface area contributed by atoms with E-state index in [2.05, 4.69) is 5.32 Å². The van der Waals surface area contributed by atoms with Crippen LogP contribution in [0, 0.1) is 0 Å². The lowest BCUT2D eigenvalue weighted by molar-refractivity contribution is -0.119. The van der Waals surface area contributed by atoms with Crippen LogP contribution in [-0.2, 0) is 4.79 Å². The number of alkyl halides is 2. The highest BCUT2D eigenvalue weighted by atomic mass is 19.3. The number of nitrogens with one attached hydrogen (secondary N) is 1. The zero-order valence-electron chi connectivity index (χ0n) is 11.5. The smallest absolute Gasteiger partial charge is 0.277 e. The van der Waals surface area contributed by atoms with Gasteiger partial charge in [-0.3, -0.25) is 4.79 Å². The van der Waals surface area contributed by atoms with Gasteiger partial charge < -0.3 is 20.5 Å². The zero-order chi connectivity index (χ0) is 15.5. The SMILES string of the molecule is COc1cccc2c1OCC(C(=O)NCC(F)(F)CN)=C2. The third kappa shape index (κ3) is 3.49. The number of hydrogen-bond donors (Lipinski definition) is 2. The Bertz CT molecular complexity index is 573. The van der Waals surface area contributed by atoms with E-state index in [9.17, 15) is 13.6 Å². The topological polar surface area (TPSA) is 73.6 Å². The number of carbonyl (C=O) groups is 1. The van der Waals surface area contributed by atoms with Crippen LogP contribution in [0.25, 0.3) is 6.08 Å². The normalized spacial score (nSPS) is 13.8. The maximum absolute atomic E-state index is 13.0. The molecule has 1 aromatic carbocycles. The number of para-hydroxylation sites is 1. The minimum Gasteiger partial charge on any atom is -0.493 e. The number of methoxy groups -OCH3 is 1. The monoisotopic (exact) mass is 298 g/mol. The molecule has 0 aliphatic carbocycles. The summed E-state index contributed by atoms with van der Waals surface area (Å²) >= 11 is 0. The first-order chi connectivity index (χ1) is 9.96. The van der Waals surface area contributed by atoms with Crippen molar-refractivity contribution in [1.82, 2.24) is 5.32 Å². The van der Waals surface area contributed by atoms with Crippen molar-refractivity contribution in [1.29, 1.82) is 0 Å². The van der Waals surface area contributed by atoms with Crippen molar-refractivity contribution in [3.05, 3.63) is 29.3 Å². The third-order valence-electron chi connectivity index (χ3n) is 3.03. The molecule has 0 aromatic heterocycles. The highest BCUT2D eigenvalue weighted by molar-refractivity contribution is 5.99. The van der Waals surface area contributed by atoms with Gasteiger partial charge in [0.2, 0.25) is 0 Å². The summed E-state index contributed by atoms with van der Waals surface area (Å²) in [6, 6.07) is 5.24. The van der Waals surface area contributed by atoms with Gasteiger partial charge in [0.1, 0.15) is 6.61 Å². The van der Waals surface area contributed by atoms with Crippen molar-refractivity contribution < 1.29 is 23.0 Å². The lowest BCUT2D eigenvalue weighted by atomic mass is 10.1. The number of fused-ring (bicyclic) bond motifs is 1. The minimum absolute atomic E-state index is 0.00654. The molecule has 0 spiro atoms. The predicted molar refractivity (Wildman–Crippen MR) is 73.5 cm³/mol. The molecule has 1 aromatic rings. The quantitative estimate of drug-likeness (QED) is 0.856. The van der Waals surface area contributed by atoms with Crippen LogP contribution in [0.3, 0.4) is 0 Å². The van der Waals surface area contributed by atoms with Crippen molar-refractivity contribution >= 4 is 12.0 Å². The molecule has 1 aliphatic rings. The molecular weight excluding hydrogens is 282 g/mol. The molecule has 0 unspecified atom stereocenters. The molecule has 1 aliphatic heterocycles. The Morgan fingerprint density at radius 3 is 2.95 bits per heavy atom. The van der Waals surface area contributed by atoms with Gasteiger partial charge in [-0.05, 0) is 12.1 Å². The molecule has 0 fully saturated rings. The fourth-order valence-electron chi connectivity index (χ4n) is 1.87. The maximum atomic E-state index is 13.0. The molecule has 7 heteroatoms. The van der Waals surface area contributed by atoms with Gasteiger partial charge >= 0.3 is 0 Å². The lowest BCUT2D eigenvalue weighted by Gasteiger charge is -2.20. The fraction of sp³-hybridized carbons (Fsp3) is 0.357. The number of halogens is 2. The van der Waals surface area contributed by atoms with Crippen molar-refractivity contribution in [2.24, 2.45) is 5.73 Å². The Labute approximate surface area is 120 Å². The number of nitrogens with two attached hydrogens (primary N) is 1. The standard InChI is InChI=1S/C14H16F2N2O3/c1-20-11-4-2-3-9-5-10(6-21-12(9)11)13(19)18-8-14(15,16)7-17/h2-5H,6-8,17H2,1H3,(H,18,19). The van der Waals surface area contributed by atoms with Gasteiger partial charge in [0.15, 0.2) is 11.5 Å². The molecule has 1 amide bonds. The van der Waals surface area contributed by atoms with Crippen LogP contribution in [0.15, 0.2) is 23.8 Å². The summed E-state index contributed by atoms with van der Waals surface area (Å²) in [5.41, 5.74) is 5.84. The highest BCUT2D eigenvalue weighted by Gasteiger charge is 2.28. The molecule has 2 rings (SSSR count). The molecule has 0 saturated carbocycles. The van der Waals surface area contributed by atoms with E-state index in [0.29, 0.717) is 17.1 Å². The first-order valence-electron chi connectivity index (χ1n) is 6.33. The van der Waals surface area contributed by atoms with Gasteiger partial charge in [-0.25, -0.2) is 8.78 Å². The lowest BCUT2D eigenvalue weighted by Crippen LogP contribution is -2.42. The van der Waals surface area contributed by atoms with Crippen LogP contribution < -0.4 is 20.5 Å². The molecule has 114 valence electrons. The van der Waals surface area contributed by atoms with Gasteiger partial charge in [0.05, 0.1) is 25.8 Å². The summed E-state index contributed by atoms with van der Waals surface area (Å²) in [5, 5.41) is 2.15. The molecule has 5 nitrogen and oxygen atoms in total. The molecule has 21 heavy (non-hydrogen) atoms. The summed E-state index contributed by atoms with van der Waals surface area (Å²) in [7, 11) is 1.51. The number of rotatable bonds is 5. The average molecular weight is 298 g/mol. The first-order valence-corrected chi connectivity index (χ1v) is 6.33. The molecule has 0 atom stereocenters. The van der Waals surface area contributed by atoms with Gasteiger partial charge in [-0.2, -0.15) is 0 Å². The fourth-order valence-corrected chi connectivity index (χ4v) is 1.87. The predicted octanol–water partition coefficient (Wildman–Crippen LogP) is 1.18. The summed E-state index contributed by atoms with van der Waals surface area (Å²) in [6.45, 7) is -1.62. The van der Waals surface area contributed by atoms with E-state index in [0.717, 1.165) is 0 Å². The van der Waals surface area contributed by atoms with E-state index < -0.39 is 24.9 Å². The van der Waals surface area contributed by atoms with E-state index in [1.165, 1.54) is 7.11 Å². The maximum Gasteiger partial charge on any atom is 0.277 e. The Hall–Kier alpha value is -2.15. The molecule has 0 bridgehead atoms. The average Bonchev–Trinajstić information content (AvgIpc) is 2.51. The molecular formula is C14H16F2N2O3. The molecule has 0 radical (unpaired) electrons. The molecule has 3 N–H and O–H groups in total. The first kappa shape index (κ1) is 15.2. The van der Waals surface area contributed by atoms with E-state index in [1.807, 2.05) is 0 Å². The van der Waals surface area contributed by atoms with Gasteiger partial charge in [-0.1, -0.05) is 12.1 Å². The summed E-state index contributed by atoms with van der Waals surface area (Å²) < 4.78 is 36.6. The number of benzene rings is 1. The van der Waals surface area contributed by atoms with Crippen LogP contribution in [0.5, 0.6) is 11.5 Å². The summed E-state index contributed by atoms with van der Waals surface area (Å²) in [4.78, 5) is 11.9. The number of amides is 1. The van der Waals surface area contributed by atoms with Crippen LogP contribution >= 0.6 is 0 Å². The van der Waals surface area contributed by atoms with Crippen molar-refractivity contribution in [2.45, 2.75) is 5.92 Å². The van der Waals surface area contributed by atoms with E-state index in [1.54, 1.807) is 24.3 Å².